The minimum atomic E-state index is -2.61. The lowest BCUT2D eigenvalue weighted by molar-refractivity contribution is -0.162. The molecule has 0 aromatic carbocycles. The lowest BCUT2D eigenvalue weighted by Gasteiger charge is -2.35. The Labute approximate surface area is 654 Å². The normalized spacial score (nSPS) is 24.2. The number of aliphatic hydroxyl groups is 4. The van der Waals surface area contributed by atoms with E-state index in [-0.39, 0.29) is 50.0 Å². The number of nitrogens with one attached hydrogen (secondary N) is 10. The van der Waals surface area contributed by atoms with Gasteiger partial charge in [0.2, 0.25) is 88.6 Å². The van der Waals surface area contributed by atoms with Crippen LogP contribution < -0.4 is 81.8 Å². The highest BCUT2D eigenvalue weighted by molar-refractivity contribution is 6.02. The molecule has 0 saturated carbocycles. The van der Waals surface area contributed by atoms with Crippen molar-refractivity contribution in [3.63, 3.8) is 0 Å². The van der Waals surface area contributed by atoms with Gasteiger partial charge in [-0.15, -0.1) is 0 Å². The summed E-state index contributed by atoms with van der Waals surface area (Å²) in [4.78, 5) is 241. The molecule has 0 bridgehead atoms. The number of hydrogen-bond acceptors (Lipinski definition) is 24. The molecule has 24 N–H and O–H groups in total. The lowest BCUT2D eigenvalue weighted by Crippen LogP contribution is -2.65. The molecular weight excluding hydrogens is 1470 g/mol. The SMILES string of the molecule is CCC(C)CC(C)[C@@H](O)[C@@H](C)C(=O)N[C@H](CNC(C)=O)C(=O)N[C@H](C(C)C)[C@H](O)C(O)C(=O)N[C@H](C(=O)N[C@H]1C(=O)N[C@H]([C@@H](C)O)C(=O)N[C@H](CCCN)C(=O)N[C@@H](CC(C)CC)C(=O)N(C)[C@@H](CCC(N)=O)C(=O)NC(C(OC)C(N)=O)C(=O)N[C@H](CC(N)=O)C(=O)N(C)[C@@H](CC(C)C)C(=O)O[C@@H]1C)[C@@H](C)[C@@H](C)C(N)=O. The van der Waals surface area contributed by atoms with E-state index in [1.54, 1.807) is 34.6 Å². The molecule has 1 rings (SSSR count). The molecule has 112 heavy (non-hydrogen) atoms. The van der Waals surface area contributed by atoms with Gasteiger partial charge in [0.05, 0.1) is 30.6 Å². The van der Waals surface area contributed by atoms with E-state index >= 15 is 9.59 Å². The van der Waals surface area contributed by atoms with Gasteiger partial charge >= 0.3 is 5.97 Å². The minimum Gasteiger partial charge on any atom is -0.458 e. The van der Waals surface area contributed by atoms with E-state index in [2.05, 4.69) is 53.2 Å². The number of carbonyl (C=O) groups excluding carboxylic acids is 17. The average Bonchev–Trinajstić information content (AvgIpc) is 0.874. The van der Waals surface area contributed by atoms with Crippen LogP contribution >= 0.6 is 0 Å². The Kier molecular flexibility index (Phi) is 43.1. The van der Waals surface area contributed by atoms with E-state index in [1.165, 1.54) is 34.6 Å². The van der Waals surface area contributed by atoms with Gasteiger partial charge in [-0.2, -0.15) is 0 Å². The third kappa shape index (κ3) is 31.4. The van der Waals surface area contributed by atoms with Crippen LogP contribution in [0, 0.1) is 47.3 Å². The van der Waals surface area contributed by atoms with Gasteiger partial charge in [0.1, 0.15) is 72.6 Å². The molecule has 0 radical (unpaired) electrons. The van der Waals surface area contributed by atoms with Crippen molar-refractivity contribution in [1.82, 2.24) is 63.0 Å². The number of esters is 1. The Morgan fingerprint density at radius 2 is 1.13 bits per heavy atom. The Balaban J connectivity index is 4.53. The van der Waals surface area contributed by atoms with Crippen LogP contribution in [0.3, 0.4) is 0 Å². The van der Waals surface area contributed by atoms with Gasteiger partial charge in [0, 0.05) is 47.0 Å². The largest absolute Gasteiger partial charge is 0.458 e. The standard InChI is InChI=1S/C72H127N17O23/c1-19-33(7)27-35(9)55(94)38(12)61(99)82-45(30-78-41(15)91)63(101)83-50(32(5)6)56(95)57(96)69(107)84-51(36(10)37(11)59(76)97)65(103)86-53-40(14)112-72(110)47(26-31(3)4)89(17)71(109)44(29-49(75)93)81-68(106)54(58(111-18)60(77)98)87-64(102)46(23-24-48(74)92)88(16)70(108)43(28-34(8)20-2)80-62(100)42(22-21-25-73)79-66(104)52(39(13)90)85-67(53)105/h31-40,42-47,50-58,90,94-96H,19-30,73H2,1-18H3,(H2,74,92)(H2,75,93)(H2,76,97)(H2,77,98)(H,78,91)(H,79,104)(H,80,100)(H,81,106)(H,82,99)(H,83,101)(H,84,107)(H,85,105)(H,86,103)(H,87,102)/t33?,34?,35?,36-,37+,38+,39+,40+,42+,43-,44+,45+,46-,47-,50+,51-,52+,53+,54?,55+,56-,57?,58?/m0/s1. The fourth-order valence-electron chi connectivity index (χ4n) is 12.4. The highest BCUT2D eigenvalue weighted by atomic mass is 16.5. The number of likely N-dealkylation sites (N-methyl/N-ethyl adjacent to an activating group) is 2. The topological polar surface area (TPSA) is 646 Å². The number of ether oxygens (including phenoxy) is 2. The summed E-state index contributed by atoms with van der Waals surface area (Å²) in [7, 11) is 3.02. The summed E-state index contributed by atoms with van der Waals surface area (Å²) in [5.74, 6) is -26.4. The molecule has 1 fully saturated rings. The Morgan fingerprint density at radius 3 is 1.63 bits per heavy atom. The molecule has 1 aliphatic heterocycles. The predicted molar refractivity (Wildman–Crippen MR) is 403 cm³/mol. The molecule has 40 heteroatoms. The molecule has 0 aromatic heterocycles. The highest BCUT2D eigenvalue weighted by Crippen LogP contribution is 2.25. The van der Waals surface area contributed by atoms with Crippen molar-refractivity contribution in [2.45, 2.75) is 271 Å². The van der Waals surface area contributed by atoms with E-state index in [0.717, 1.165) is 53.3 Å². The van der Waals surface area contributed by atoms with E-state index in [4.69, 9.17) is 38.1 Å². The first-order valence-electron chi connectivity index (χ1n) is 37.8. The van der Waals surface area contributed by atoms with Crippen LogP contribution in [-0.4, -0.2) is 268 Å². The van der Waals surface area contributed by atoms with Crippen LogP contribution in [-0.2, 0) is 91.0 Å². The highest BCUT2D eigenvalue weighted by Gasteiger charge is 2.46. The van der Waals surface area contributed by atoms with E-state index < -0.39 is 259 Å². The van der Waals surface area contributed by atoms with Crippen molar-refractivity contribution in [3.8, 4) is 0 Å². The Bertz CT molecular complexity index is 3260. The van der Waals surface area contributed by atoms with Gasteiger partial charge in [0.25, 0.3) is 5.91 Å². The summed E-state index contributed by atoms with van der Waals surface area (Å²) < 4.78 is 11.2. The summed E-state index contributed by atoms with van der Waals surface area (Å²) >= 11 is 0. The third-order valence-corrected chi connectivity index (χ3v) is 20.2. The summed E-state index contributed by atoms with van der Waals surface area (Å²) in [6, 6.07) is -21.0. The summed E-state index contributed by atoms with van der Waals surface area (Å²) in [5, 5.41) is 70.0. The number of rotatable bonds is 38. The second kappa shape index (κ2) is 48.0. The predicted octanol–water partition coefficient (Wildman–Crippen LogP) is -6.47. The zero-order chi connectivity index (χ0) is 86.4. The number of aliphatic hydroxyl groups excluding tert-OH is 4. The minimum absolute atomic E-state index is 0.00651. The molecular formula is C72H127N17O23. The lowest BCUT2D eigenvalue weighted by atomic mass is 9.85. The molecule has 1 heterocycles. The molecule has 23 atom stereocenters. The smallest absolute Gasteiger partial charge is 0.329 e. The van der Waals surface area contributed by atoms with Gasteiger partial charge in [0.15, 0.2) is 12.2 Å². The van der Waals surface area contributed by atoms with E-state index in [0.29, 0.717) is 17.7 Å². The van der Waals surface area contributed by atoms with Gasteiger partial charge in [-0.1, -0.05) is 95.9 Å². The van der Waals surface area contributed by atoms with E-state index in [1.807, 2.05) is 13.8 Å². The van der Waals surface area contributed by atoms with Crippen LogP contribution in [0.2, 0.25) is 0 Å². The second-order valence-corrected chi connectivity index (χ2v) is 30.3. The number of amides is 16. The van der Waals surface area contributed by atoms with Crippen molar-refractivity contribution in [3.05, 3.63) is 0 Å². The van der Waals surface area contributed by atoms with Gasteiger partial charge in [-0.25, -0.2) is 4.79 Å². The van der Waals surface area contributed by atoms with Crippen LogP contribution in [0.25, 0.3) is 0 Å². The number of carbonyl (C=O) groups is 17. The maximum Gasteiger partial charge on any atom is 0.329 e. The van der Waals surface area contributed by atoms with Crippen LogP contribution in [0.4, 0.5) is 0 Å². The van der Waals surface area contributed by atoms with Crippen LogP contribution in [0.1, 0.15) is 168 Å². The number of cyclic esters (lactones) is 1. The number of hydrogen-bond donors (Lipinski definition) is 19. The van der Waals surface area contributed by atoms with Crippen molar-refractivity contribution in [2.75, 3.05) is 34.3 Å². The summed E-state index contributed by atoms with van der Waals surface area (Å²) in [6.07, 6.45) is -13.4. The summed E-state index contributed by atoms with van der Waals surface area (Å²) in [6.45, 7) is 21.7. The molecule has 16 amide bonds. The van der Waals surface area contributed by atoms with Gasteiger partial charge < -0.3 is 122 Å². The first kappa shape index (κ1) is 101. The average molecular weight is 1600 g/mol. The van der Waals surface area contributed by atoms with Gasteiger partial charge in [-0.05, 0) is 94.4 Å². The molecule has 1 saturated heterocycles. The molecule has 0 aliphatic carbocycles. The zero-order valence-electron chi connectivity index (χ0n) is 67.7. The summed E-state index contributed by atoms with van der Waals surface area (Å²) in [5.41, 5.74) is 28.4. The first-order valence-corrected chi connectivity index (χ1v) is 37.8. The Morgan fingerprint density at radius 1 is 0.589 bits per heavy atom. The fourth-order valence-corrected chi connectivity index (χ4v) is 12.4. The first-order chi connectivity index (χ1) is 52.0. The fraction of sp³-hybridized carbons (Fsp3) is 0.764. The van der Waals surface area contributed by atoms with Crippen LogP contribution in [0.15, 0.2) is 0 Å². The molecule has 1 aliphatic rings. The maximum atomic E-state index is 15.2. The monoisotopic (exact) mass is 1600 g/mol. The van der Waals surface area contributed by atoms with Gasteiger partial charge in [-0.3, -0.25) is 76.7 Å². The van der Waals surface area contributed by atoms with Crippen molar-refractivity contribution in [1.29, 1.82) is 0 Å². The number of primary amides is 4. The number of nitrogens with two attached hydrogens (primary N) is 5. The molecule has 6 unspecified atom stereocenters. The van der Waals surface area contributed by atoms with E-state index in [9.17, 15) is 92.3 Å². The third-order valence-electron chi connectivity index (χ3n) is 20.2. The molecule has 0 spiro atoms. The second-order valence-electron chi connectivity index (χ2n) is 30.3. The zero-order valence-corrected chi connectivity index (χ0v) is 67.7. The van der Waals surface area contributed by atoms with Crippen LogP contribution in [0.5, 0.6) is 0 Å². The number of nitrogens with zero attached hydrogens (tertiary/aromatic N) is 2. The molecule has 0 aromatic rings. The molecule has 40 nitrogen and oxygen atoms in total. The van der Waals surface area contributed by atoms with Crippen molar-refractivity contribution < 1.29 is 111 Å². The Hall–Kier alpha value is -9.25. The number of methoxy groups -OCH3 is 1. The quantitative estimate of drug-likeness (QED) is 0.0256. The maximum absolute atomic E-state index is 15.2. The molecule has 638 valence electrons. The van der Waals surface area contributed by atoms with Crippen molar-refractivity contribution in [2.24, 2.45) is 76.0 Å². The van der Waals surface area contributed by atoms with Crippen molar-refractivity contribution >= 4 is 100 Å².